The summed E-state index contributed by atoms with van der Waals surface area (Å²) in [5.41, 5.74) is 0.784. The second kappa shape index (κ2) is 6.50. The van der Waals surface area contributed by atoms with E-state index in [1.165, 1.54) is 5.56 Å². The van der Waals surface area contributed by atoms with Gasteiger partial charge in [-0.2, -0.15) is 23.1 Å². The Kier molecular flexibility index (Phi) is 5.15. The van der Waals surface area contributed by atoms with Crippen molar-refractivity contribution in [3.63, 3.8) is 0 Å². The molecule has 0 saturated carbocycles. The largest absolute Gasteiger partial charge is 0.321 e. The fourth-order valence-electron chi connectivity index (χ4n) is 2.49. The molecule has 0 aromatic carbocycles. The highest BCUT2D eigenvalue weighted by Crippen LogP contribution is 2.33. The van der Waals surface area contributed by atoms with Crippen LogP contribution in [0.1, 0.15) is 45.3 Å². The van der Waals surface area contributed by atoms with Crippen LogP contribution in [0.4, 0.5) is 0 Å². The first-order chi connectivity index (χ1) is 9.51. The molecule has 1 saturated heterocycles. The number of carbonyl (C=O) groups is 1. The van der Waals surface area contributed by atoms with E-state index in [0.717, 1.165) is 19.4 Å². The van der Waals surface area contributed by atoms with Crippen molar-refractivity contribution in [2.45, 2.75) is 50.6 Å². The van der Waals surface area contributed by atoms with Crippen LogP contribution in [-0.4, -0.2) is 34.4 Å². The SMILES string of the molecule is CCC1(C)NC(c2ccsc2)N(CCC(C)SC)C1=O. The zero-order chi connectivity index (χ0) is 14.8. The van der Waals surface area contributed by atoms with E-state index in [4.69, 9.17) is 0 Å². The number of thiophene rings is 1. The van der Waals surface area contributed by atoms with Crippen LogP contribution < -0.4 is 5.32 Å². The third-order valence-electron chi connectivity index (χ3n) is 4.24. The first kappa shape index (κ1) is 15.9. The topological polar surface area (TPSA) is 32.3 Å². The molecule has 3 unspecified atom stereocenters. The second-order valence-electron chi connectivity index (χ2n) is 5.62. The normalized spacial score (nSPS) is 28.1. The molecule has 0 radical (unpaired) electrons. The van der Waals surface area contributed by atoms with Gasteiger partial charge in [-0.3, -0.25) is 10.1 Å². The fraction of sp³-hybridized carbons (Fsp3) is 0.667. The molecular formula is C15H24N2OS2. The van der Waals surface area contributed by atoms with Gasteiger partial charge in [-0.25, -0.2) is 0 Å². The summed E-state index contributed by atoms with van der Waals surface area (Å²) in [5.74, 6) is 0.240. The molecule has 1 amide bonds. The van der Waals surface area contributed by atoms with Gasteiger partial charge in [-0.15, -0.1) is 0 Å². The van der Waals surface area contributed by atoms with E-state index >= 15 is 0 Å². The van der Waals surface area contributed by atoms with Crippen molar-refractivity contribution in [2.75, 3.05) is 12.8 Å². The van der Waals surface area contributed by atoms with Crippen molar-refractivity contribution in [2.24, 2.45) is 0 Å². The Bertz CT molecular complexity index is 449. The molecule has 1 aliphatic rings. The summed E-state index contributed by atoms with van der Waals surface area (Å²) < 4.78 is 0. The Morgan fingerprint density at radius 1 is 1.60 bits per heavy atom. The summed E-state index contributed by atoms with van der Waals surface area (Å²) in [6.07, 6.45) is 4.02. The van der Waals surface area contributed by atoms with Crippen LogP contribution in [-0.2, 0) is 4.79 Å². The molecule has 0 aliphatic carbocycles. The molecule has 1 N–H and O–H groups in total. The molecule has 20 heavy (non-hydrogen) atoms. The van der Waals surface area contributed by atoms with Gasteiger partial charge in [0.25, 0.3) is 0 Å². The minimum absolute atomic E-state index is 0.0350. The van der Waals surface area contributed by atoms with E-state index in [9.17, 15) is 4.79 Å². The molecule has 1 aromatic heterocycles. The van der Waals surface area contributed by atoms with Crippen molar-refractivity contribution < 1.29 is 4.79 Å². The molecule has 0 bridgehead atoms. The van der Waals surface area contributed by atoms with Crippen LogP contribution in [0.15, 0.2) is 16.8 Å². The highest BCUT2D eigenvalue weighted by atomic mass is 32.2. The number of hydrogen-bond acceptors (Lipinski definition) is 4. The Hall–Kier alpha value is -0.520. The Balaban J connectivity index is 2.17. The average Bonchev–Trinajstić information content (AvgIpc) is 3.06. The van der Waals surface area contributed by atoms with E-state index in [-0.39, 0.29) is 12.1 Å². The van der Waals surface area contributed by atoms with Crippen molar-refractivity contribution >= 4 is 29.0 Å². The van der Waals surface area contributed by atoms with Gasteiger partial charge < -0.3 is 4.90 Å². The zero-order valence-electron chi connectivity index (χ0n) is 12.7. The van der Waals surface area contributed by atoms with Crippen molar-refractivity contribution in [1.82, 2.24) is 10.2 Å². The molecule has 1 aromatic rings. The lowest BCUT2D eigenvalue weighted by molar-refractivity contribution is -0.133. The smallest absolute Gasteiger partial charge is 0.244 e. The predicted octanol–water partition coefficient (Wildman–Crippen LogP) is 3.49. The van der Waals surface area contributed by atoms with E-state index in [1.54, 1.807) is 11.3 Å². The summed E-state index contributed by atoms with van der Waals surface area (Å²) in [7, 11) is 0. The lowest BCUT2D eigenvalue weighted by atomic mass is 9.99. The number of rotatable bonds is 6. The zero-order valence-corrected chi connectivity index (χ0v) is 14.3. The number of nitrogens with zero attached hydrogens (tertiary/aromatic N) is 1. The van der Waals surface area contributed by atoms with Crippen LogP contribution in [0.25, 0.3) is 0 Å². The van der Waals surface area contributed by atoms with E-state index in [2.05, 4.69) is 42.2 Å². The van der Waals surface area contributed by atoms with Crippen LogP contribution in [0.2, 0.25) is 0 Å². The maximum atomic E-state index is 12.7. The van der Waals surface area contributed by atoms with Crippen LogP contribution in [0.5, 0.6) is 0 Å². The Morgan fingerprint density at radius 2 is 2.35 bits per heavy atom. The molecule has 3 nitrogen and oxygen atoms in total. The second-order valence-corrected chi connectivity index (χ2v) is 7.68. The molecule has 3 atom stereocenters. The molecular weight excluding hydrogens is 288 g/mol. The van der Waals surface area contributed by atoms with Gasteiger partial charge in [-0.05, 0) is 48.4 Å². The molecule has 5 heteroatoms. The van der Waals surface area contributed by atoms with Crippen molar-refractivity contribution in [1.29, 1.82) is 0 Å². The maximum absolute atomic E-state index is 12.7. The third kappa shape index (κ3) is 3.05. The summed E-state index contributed by atoms with van der Waals surface area (Å²) >= 11 is 3.54. The maximum Gasteiger partial charge on any atom is 0.244 e. The minimum Gasteiger partial charge on any atom is -0.321 e. The first-order valence-corrected chi connectivity index (χ1v) is 9.38. The van der Waals surface area contributed by atoms with Crippen LogP contribution >= 0.6 is 23.1 Å². The van der Waals surface area contributed by atoms with Crippen LogP contribution in [0, 0.1) is 0 Å². The molecule has 1 fully saturated rings. The average molecular weight is 313 g/mol. The standard InChI is InChI=1S/C15H24N2OS2/c1-5-15(3)14(18)17(8-6-11(2)19-4)13(16-15)12-7-9-20-10-12/h7,9-11,13,16H,5-6,8H2,1-4H3. The predicted molar refractivity (Wildman–Crippen MR) is 88.2 cm³/mol. The highest BCUT2D eigenvalue weighted by Gasteiger charge is 2.46. The van der Waals surface area contributed by atoms with Gasteiger partial charge in [0.15, 0.2) is 0 Å². The van der Waals surface area contributed by atoms with Crippen molar-refractivity contribution in [3.05, 3.63) is 22.4 Å². The minimum atomic E-state index is -0.421. The molecule has 112 valence electrons. The molecule has 2 rings (SSSR count). The van der Waals surface area contributed by atoms with Crippen LogP contribution in [0.3, 0.4) is 0 Å². The van der Waals surface area contributed by atoms with Gasteiger partial charge >= 0.3 is 0 Å². The number of carbonyl (C=O) groups excluding carboxylic acids is 1. The van der Waals surface area contributed by atoms with Gasteiger partial charge in [0, 0.05) is 11.8 Å². The quantitative estimate of drug-likeness (QED) is 0.872. The number of nitrogens with one attached hydrogen (secondary N) is 1. The number of hydrogen-bond donors (Lipinski definition) is 1. The summed E-state index contributed by atoms with van der Waals surface area (Å²) in [5, 5.41) is 8.33. The van der Waals surface area contributed by atoms with Gasteiger partial charge in [-0.1, -0.05) is 13.8 Å². The number of thioether (sulfide) groups is 1. The Morgan fingerprint density at radius 3 is 2.90 bits per heavy atom. The van der Waals surface area contributed by atoms with Gasteiger partial charge in [0.05, 0.1) is 5.54 Å². The summed E-state index contributed by atoms with van der Waals surface area (Å²) in [4.78, 5) is 14.8. The highest BCUT2D eigenvalue weighted by molar-refractivity contribution is 7.99. The van der Waals surface area contributed by atoms with E-state index in [0.29, 0.717) is 5.25 Å². The van der Waals surface area contributed by atoms with E-state index < -0.39 is 5.54 Å². The van der Waals surface area contributed by atoms with E-state index in [1.807, 2.05) is 23.6 Å². The third-order valence-corrected chi connectivity index (χ3v) is 5.99. The molecule has 1 aliphatic heterocycles. The monoisotopic (exact) mass is 312 g/mol. The summed E-state index contributed by atoms with van der Waals surface area (Å²) in [6, 6.07) is 2.11. The summed E-state index contributed by atoms with van der Waals surface area (Å²) in [6.45, 7) is 7.14. The Labute approximate surface area is 130 Å². The van der Waals surface area contributed by atoms with Crippen molar-refractivity contribution in [3.8, 4) is 0 Å². The lowest BCUT2D eigenvalue weighted by Crippen LogP contribution is -2.43. The first-order valence-electron chi connectivity index (χ1n) is 7.15. The number of amides is 1. The lowest BCUT2D eigenvalue weighted by Gasteiger charge is -2.24. The molecule has 0 spiro atoms. The van der Waals surface area contributed by atoms with Gasteiger partial charge in [0.1, 0.15) is 6.17 Å². The van der Waals surface area contributed by atoms with Gasteiger partial charge in [0.2, 0.25) is 5.91 Å². The molecule has 2 heterocycles. The fourth-order valence-corrected chi connectivity index (χ4v) is 3.51.